The van der Waals surface area contributed by atoms with E-state index in [0.717, 1.165) is 65.0 Å². The maximum Gasteiger partial charge on any atom is 0.100 e. The molecule has 0 atom stereocenters. The summed E-state index contributed by atoms with van der Waals surface area (Å²) in [5.74, 6) is 0. The van der Waals surface area contributed by atoms with E-state index in [1.807, 2.05) is 0 Å². The van der Waals surface area contributed by atoms with Crippen LogP contribution in [0.2, 0.25) is 0 Å². The first-order chi connectivity index (χ1) is 8.58. The molecule has 1 fully saturated rings. The molecule has 3 nitrogen and oxygen atoms in total. The van der Waals surface area contributed by atoms with E-state index in [-0.39, 0.29) is 0 Å². The van der Waals surface area contributed by atoms with Gasteiger partial charge in [0.2, 0.25) is 0 Å². The molecule has 18 heavy (non-hydrogen) atoms. The summed E-state index contributed by atoms with van der Waals surface area (Å²) in [6.45, 7) is 6.41. The first-order valence-corrected chi connectivity index (χ1v) is 7.27. The van der Waals surface area contributed by atoms with E-state index in [9.17, 15) is 4.39 Å². The van der Waals surface area contributed by atoms with Crippen LogP contribution >= 0.6 is 0 Å². The van der Waals surface area contributed by atoms with Gasteiger partial charge in [0.25, 0.3) is 0 Å². The number of alkyl halides is 1. The Bertz CT molecular complexity index is 193. The highest BCUT2D eigenvalue weighted by Crippen LogP contribution is 2.10. The number of hydrogen-bond acceptors (Lipinski definition) is 3. The van der Waals surface area contributed by atoms with Gasteiger partial charge in [-0.1, -0.05) is 0 Å². The van der Waals surface area contributed by atoms with Gasteiger partial charge in [0, 0.05) is 26.2 Å². The average Bonchev–Trinajstić information content (AvgIpc) is 2.33. The normalized spacial score (nSPS) is 26.0. The first-order valence-electron chi connectivity index (χ1n) is 7.27. The number of nitrogens with zero attached hydrogens (tertiary/aromatic N) is 3. The molecule has 0 aliphatic carbocycles. The summed E-state index contributed by atoms with van der Waals surface area (Å²) in [5, 5.41) is 0. The summed E-state index contributed by atoms with van der Waals surface area (Å²) in [6, 6.07) is 0. The van der Waals surface area contributed by atoms with E-state index in [1.165, 1.54) is 0 Å². The standard InChI is InChI=1S/C14H30FN3/c1-16-8-4-6-14(15)7-5-9-17(2)11-13-18(3)12-10-16/h14H,4-13H2,1-3H3. The van der Waals surface area contributed by atoms with Crippen molar-refractivity contribution in [3.8, 4) is 0 Å². The van der Waals surface area contributed by atoms with E-state index in [1.54, 1.807) is 0 Å². The molecule has 0 radical (unpaired) electrons. The van der Waals surface area contributed by atoms with Crippen molar-refractivity contribution in [2.75, 3.05) is 60.4 Å². The fourth-order valence-corrected chi connectivity index (χ4v) is 2.33. The molecule has 0 unspecified atom stereocenters. The Hall–Kier alpha value is -0.190. The summed E-state index contributed by atoms with van der Waals surface area (Å²) in [5.41, 5.74) is 0. The summed E-state index contributed by atoms with van der Waals surface area (Å²) >= 11 is 0. The van der Waals surface area contributed by atoms with Crippen LogP contribution in [-0.2, 0) is 0 Å². The second-order valence-electron chi connectivity index (χ2n) is 5.79. The molecular weight excluding hydrogens is 229 g/mol. The Morgan fingerprint density at radius 2 is 1.00 bits per heavy atom. The third-order valence-electron chi connectivity index (χ3n) is 3.84. The molecule has 1 heterocycles. The lowest BCUT2D eigenvalue weighted by molar-refractivity contribution is 0.201. The molecule has 0 aromatic heterocycles. The molecule has 108 valence electrons. The molecule has 4 heteroatoms. The molecular formula is C14H30FN3. The van der Waals surface area contributed by atoms with E-state index in [4.69, 9.17) is 0 Å². The Labute approximate surface area is 112 Å². The third-order valence-corrected chi connectivity index (χ3v) is 3.84. The second kappa shape index (κ2) is 8.83. The molecule has 0 N–H and O–H groups in total. The lowest BCUT2D eigenvalue weighted by Crippen LogP contribution is -2.36. The molecule has 0 aromatic rings. The maximum atomic E-state index is 13.6. The minimum atomic E-state index is -0.600. The minimum absolute atomic E-state index is 0.600. The van der Waals surface area contributed by atoms with Crippen molar-refractivity contribution in [3.63, 3.8) is 0 Å². The molecule has 1 rings (SSSR count). The maximum absolute atomic E-state index is 13.6. The molecule has 0 bridgehead atoms. The van der Waals surface area contributed by atoms with Gasteiger partial charge in [-0.15, -0.1) is 0 Å². The van der Waals surface area contributed by atoms with Crippen LogP contribution in [0.5, 0.6) is 0 Å². The smallest absolute Gasteiger partial charge is 0.100 e. The Morgan fingerprint density at radius 1 is 0.667 bits per heavy atom. The molecule has 1 aliphatic heterocycles. The predicted octanol–water partition coefficient (Wildman–Crippen LogP) is 1.69. The number of rotatable bonds is 0. The van der Waals surface area contributed by atoms with Crippen molar-refractivity contribution in [3.05, 3.63) is 0 Å². The van der Waals surface area contributed by atoms with E-state index in [0.29, 0.717) is 0 Å². The van der Waals surface area contributed by atoms with Gasteiger partial charge >= 0.3 is 0 Å². The lowest BCUT2D eigenvalue weighted by atomic mass is 10.1. The topological polar surface area (TPSA) is 9.72 Å². The van der Waals surface area contributed by atoms with Gasteiger partial charge in [-0.3, -0.25) is 0 Å². The van der Waals surface area contributed by atoms with Crippen LogP contribution in [0.25, 0.3) is 0 Å². The van der Waals surface area contributed by atoms with Gasteiger partial charge in [0.05, 0.1) is 0 Å². The largest absolute Gasteiger partial charge is 0.305 e. The highest BCUT2D eigenvalue weighted by Gasteiger charge is 2.10. The van der Waals surface area contributed by atoms with Crippen molar-refractivity contribution in [1.82, 2.24) is 14.7 Å². The van der Waals surface area contributed by atoms with Crippen LogP contribution in [0.15, 0.2) is 0 Å². The summed E-state index contributed by atoms with van der Waals surface area (Å²) in [6.07, 6.45) is 2.82. The van der Waals surface area contributed by atoms with Crippen LogP contribution < -0.4 is 0 Å². The summed E-state index contributed by atoms with van der Waals surface area (Å²) < 4.78 is 13.6. The van der Waals surface area contributed by atoms with Gasteiger partial charge in [-0.2, -0.15) is 0 Å². The fraction of sp³-hybridized carbons (Fsp3) is 1.00. The molecule has 0 aromatic carbocycles. The van der Waals surface area contributed by atoms with E-state index < -0.39 is 6.17 Å². The number of hydrogen-bond donors (Lipinski definition) is 0. The van der Waals surface area contributed by atoms with Crippen molar-refractivity contribution in [1.29, 1.82) is 0 Å². The zero-order valence-corrected chi connectivity index (χ0v) is 12.4. The minimum Gasteiger partial charge on any atom is -0.305 e. The zero-order valence-electron chi connectivity index (χ0n) is 12.4. The van der Waals surface area contributed by atoms with Crippen molar-refractivity contribution < 1.29 is 4.39 Å². The van der Waals surface area contributed by atoms with Gasteiger partial charge in [0.15, 0.2) is 0 Å². The Kier molecular flexibility index (Phi) is 7.79. The van der Waals surface area contributed by atoms with Gasteiger partial charge in [0.1, 0.15) is 6.17 Å². The van der Waals surface area contributed by atoms with Crippen molar-refractivity contribution in [2.24, 2.45) is 0 Å². The molecule has 0 amide bonds. The molecule has 1 aliphatic rings. The number of likely N-dealkylation sites (N-methyl/N-ethyl adjacent to an activating group) is 3. The van der Waals surface area contributed by atoms with Crippen molar-refractivity contribution >= 4 is 0 Å². The molecule has 0 spiro atoms. The van der Waals surface area contributed by atoms with Crippen LogP contribution in [0.3, 0.4) is 0 Å². The zero-order chi connectivity index (χ0) is 13.4. The Balaban J connectivity index is 2.37. The lowest BCUT2D eigenvalue weighted by Gasteiger charge is -2.25. The first kappa shape index (κ1) is 15.9. The van der Waals surface area contributed by atoms with Crippen LogP contribution in [0.1, 0.15) is 25.7 Å². The highest BCUT2D eigenvalue weighted by atomic mass is 19.1. The summed E-state index contributed by atoms with van der Waals surface area (Å²) in [7, 11) is 6.46. The van der Waals surface area contributed by atoms with Crippen molar-refractivity contribution in [2.45, 2.75) is 31.9 Å². The van der Waals surface area contributed by atoms with Crippen LogP contribution in [0, 0.1) is 0 Å². The predicted molar refractivity (Wildman–Crippen MR) is 75.9 cm³/mol. The molecule has 1 saturated heterocycles. The second-order valence-corrected chi connectivity index (χ2v) is 5.79. The quantitative estimate of drug-likeness (QED) is 0.655. The molecule has 0 saturated carbocycles. The fourth-order valence-electron chi connectivity index (χ4n) is 2.33. The Morgan fingerprint density at radius 3 is 1.39 bits per heavy atom. The third kappa shape index (κ3) is 7.29. The van der Waals surface area contributed by atoms with Crippen LogP contribution in [0.4, 0.5) is 4.39 Å². The highest BCUT2D eigenvalue weighted by molar-refractivity contribution is 4.65. The summed E-state index contributed by atoms with van der Waals surface area (Å²) in [4.78, 5) is 7.02. The van der Waals surface area contributed by atoms with E-state index in [2.05, 4.69) is 35.8 Å². The monoisotopic (exact) mass is 259 g/mol. The van der Waals surface area contributed by atoms with E-state index >= 15 is 0 Å². The van der Waals surface area contributed by atoms with Gasteiger partial charge < -0.3 is 14.7 Å². The van der Waals surface area contributed by atoms with Gasteiger partial charge in [-0.25, -0.2) is 4.39 Å². The SMILES string of the molecule is CN1CCCC(F)CCCN(C)CCN(C)CC1. The van der Waals surface area contributed by atoms with Crippen LogP contribution in [-0.4, -0.2) is 81.3 Å². The average molecular weight is 259 g/mol. The van der Waals surface area contributed by atoms with Gasteiger partial charge in [-0.05, 0) is 59.9 Å². The number of halogens is 1.